The van der Waals surface area contributed by atoms with Crippen LogP contribution in [0.25, 0.3) is 10.9 Å². The first kappa shape index (κ1) is 15.1. The molecule has 1 aromatic heterocycles. The summed E-state index contributed by atoms with van der Waals surface area (Å²) in [7, 11) is 0. The Balaban J connectivity index is 1.62. The van der Waals surface area contributed by atoms with Gasteiger partial charge < -0.3 is 15.2 Å². The fourth-order valence-electron chi connectivity index (χ4n) is 2.53. The number of benzene rings is 1. The average molecular weight is 306 g/mol. The lowest BCUT2D eigenvalue weighted by molar-refractivity contribution is 0.0171. The van der Waals surface area contributed by atoms with Gasteiger partial charge in [-0.1, -0.05) is 0 Å². The first-order valence-electron chi connectivity index (χ1n) is 7.34. The predicted octanol–water partition coefficient (Wildman–Crippen LogP) is 0.874. The van der Waals surface area contributed by atoms with Crippen LogP contribution in [0.15, 0.2) is 24.5 Å². The summed E-state index contributed by atoms with van der Waals surface area (Å²) >= 11 is 0. The van der Waals surface area contributed by atoms with Crippen LogP contribution in [0.1, 0.15) is 0 Å². The molecular weight excluding hydrogens is 287 g/mol. The van der Waals surface area contributed by atoms with Crippen LogP contribution in [-0.2, 0) is 4.74 Å². The molecule has 1 unspecified atom stereocenters. The van der Waals surface area contributed by atoms with Gasteiger partial charge in [-0.15, -0.1) is 0 Å². The van der Waals surface area contributed by atoms with E-state index in [1.165, 1.54) is 18.5 Å². The van der Waals surface area contributed by atoms with Gasteiger partial charge in [-0.3, -0.25) is 4.90 Å². The van der Waals surface area contributed by atoms with E-state index >= 15 is 0 Å². The Morgan fingerprint density at radius 2 is 2.14 bits per heavy atom. The number of β-amino-alcohol motifs (C(OH)–C–C–N with tert-alkyl or cyclic N) is 1. The Kier molecular flexibility index (Phi) is 4.77. The topological polar surface area (TPSA) is 70.5 Å². The summed E-state index contributed by atoms with van der Waals surface area (Å²) in [5.41, 5.74) is 0.668. The highest BCUT2D eigenvalue weighted by Gasteiger charge is 2.15. The zero-order chi connectivity index (χ0) is 15.4. The van der Waals surface area contributed by atoms with E-state index < -0.39 is 6.10 Å². The lowest BCUT2D eigenvalue weighted by Gasteiger charge is -2.28. The number of aliphatic hydroxyl groups excluding tert-OH is 1. The van der Waals surface area contributed by atoms with Crippen molar-refractivity contribution in [3.63, 3.8) is 0 Å². The SMILES string of the molecule is OC(CNc1ncnc2ccc(F)cc12)CN1CCOCC1. The molecule has 1 aliphatic rings. The number of aromatic nitrogens is 2. The standard InChI is InChI=1S/C15H19FN4O2/c16-11-1-2-14-13(7-11)15(19-10-18-14)17-8-12(21)9-20-3-5-22-6-4-20/h1-2,7,10,12,21H,3-6,8-9H2,(H,17,18,19). The molecule has 2 heterocycles. The third-order valence-electron chi connectivity index (χ3n) is 3.68. The maximum absolute atomic E-state index is 13.4. The summed E-state index contributed by atoms with van der Waals surface area (Å²) in [5, 5.41) is 13.8. The number of morpholine rings is 1. The molecule has 1 aliphatic heterocycles. The van der Waals surface area contributed by atoms with Gasteiger partial charge in [0, 0.05) is 31.6 Å². The molecule has 1 fully saturated rings. The fraction of sp³-hybridized carbons (Fsp3) is 0.467. The molecule has 6 nitrogen and oxygen atoms in total. The third kappa shape index (κ3) is 3.68. The molecule has 0 saturated carbocycles. The highest BCUT2D eigenvalue weighted by molar-refractivity contribution is 5.88. The lowest BCUT2D eigenvalue weighted by Crippen LogP contribution is -2.42. The second-order valence-corrected chi connectivity index (χ2v) is 5.33. The number of rotatable bonds is 5. The second-order valence-electron chi connectivity index (χ2n) is 5.33. The summed E-state index contributed by atoms with van der Waals surface area (Å²) in [6.07, 6.45) is 0.897. The molecule has 0 aliphatic carbocycles. The molecule has 0 radical (unpaired) electrons. The summed E-state index contributed by atoms with van der Waals surface area (Å²) in [4.78, 5) is 10.4. The number of nitrogens with zero attached hydrogens (tertiary/aromatic N) is 3. The van der Waals surface area contributed by atoms with E-state index in [4.69, 9.17) is 4.74 Å². The Bertz CT molecular complexity index is 634. The van der Waals surface area contributed by atoms with Crippen molar-refractivity contribution in [2.75, 3.05) is 44.7 Å². The zero-order valence-corrected chi connectivity index (χ0v) is 12.2. The minimum Gasteiger partial charge on any atom is -0.390 e. The quantitative estimate of drug-likeness (QED) is 0.854. The van der Waals surface area contributed by atoms with Crippen molar-refractivity contribution < 1.29 is 14.2 Å². The van der Waals surface area contributed by atoms with Gasteiger partial charge in [0.1, 0.15) is 18.0 Å². The Morgan fingerprint density at radius 1 is 1.32 bits per heavy atom. The van der Waals surface area contributed by atoms with Gasteiger partial charge in [0.15, 0.2) is 0 Å². The van der Waals surface area contributed by atoms with E-state index in [0.717, 1.165) is 13.1 Å². The van der Waals surface area contributed by atoms with Crippen molar-refractivity contribution >= 4 is 16.7 Å². The molecule has 7 heteroatoms. The lowest BCUT2D eigenvalue weighted by atomic mass is 10.2. The third-order valence-corrected chi connectivity index (χ3v) is 3.68. The second kappa shape index (κ2) is 6.95. The van der Waals surface area contributed by atoms with Crippen LogP contribution in [0.4, 0.5) is 10.2 Å². The number of hydrogen-bond donors (Lipinski definition) is 2. The van der Waals surface area contributed by atoms with Crippen molar-refractivity contribution in [3.05, 3.63) is 30.3 Å². The molecule has 1 atom stereocenters. The molecule has 2 aromatic rings. The fourth-order valence-corrected chi connectivity index (χ4v) is 2.53. The number of fused-ring (bicyclic) bond motifs is 1. The van der Waals surface area contributed by atoms with Gasteiger partial charge in [0.05, 0.1) is 24.8 Å². The maximum atomic E-state index is 13.4. The highest BCUT2D eigenvalue weighted by atomic mass is 19.1. The summed E-state index contributed by atoms with van der Waals surface area (Å²) < 4.78 is 18.7. The number of anilines is 1. The van der Waals surface area contributed by atoms with Crippen LogP contribution in [0.3, 0.4) is 0 Å². The van der Waals surface area contributed by atoms with Gasteiger partial charge in [-0.05, 0) is 18.2 Å². The van der Waals surface area contributed by atoms with Gasteiger partial charge >= 0.3 is 0 Å². The highest BCUT2D eigenvalue weighted by Crippen LogP contribution is 2.19. The Labute approximate surface area is 127 Å². The summed E-state index contributed by atoms with van der Waals surface area (Å²) in [6.45, 7) is 4.00. The molecule has 1 saturated heterocycles. The molecule has 1 aromatic carbocycles. The average Bonchev–Trinajstić information content (AvgIpc) is 2.54. The van der Waals surface area contributed by atoms with Gasteiger partial charge in [-0.2, -0.15) is 0 Å². The summed E-state index contributed by atoms with van der Waals surface area (Å²) in [6, 6.07) is 4.38. The zero-order valence-electron chi connectivity index (χ0n) is 12.2. The Hall–Kier alpha value is -1.83. The monoisotopic (exact) mass is 306 g/mol. The maximum Gasteiger partial charge on any atom is 0.137 e. The van der Waals surface area contributed by atoms with E-state index in [-0.39, 0.29) is 5.82 Å². The van der Waals surface area contributed by atoms with Crippen molar-refractivity contribution in [1.82, 2.24) is 14.9 Å². The van der Waals surface area contributed by atoms with Gasteiger partial charge in [0.25, 0.3) is 0 Å². The molecule has 0 amide bonds. The van der Waals surface area contributed by atoms with Crippen LogP contribution < -0.4 is 5.32 Å². The molecule has 118 valence electrons. The van der Waals surface area contributed by atoms with Crippen LogP contribution in [0.2, 0.25) is 0 Å². The van der Waals surface area contributed by atoms with Crippen LogP contribution in [0.5, 0.6) is 0 Å². The first-order valence-corrected chi connectivity index (χ1v) is 7.34. The van der Waals surface area contributed by atoms with Crippen molar-refractivity contribution in [3.8, 4) is 0 Å². The van der Waals surface area contributed by atoms with Gasteiger partial charge in [0.2, 0.25) is 0 Å². The predicted molar refractivity (Wildman–Crippen MR) is 81.3 cm³/mol. The largest absolute Gasteiger partial charge is 0.390 e. The van der Waals surface area contributed by atoms with Crippen molar-refractivity contribution in [2.45, 2.75) is 6.10 Å². The van der Waals surface area contributed by atoms with E-state index in [0.29, 0.717) is 43.0 Å². The van der Waals surface area contributed by atoms with Crippen LogP contribution in [0, 0.1) is 5.82 Å². The van der Waals surface area contributed by atoms with Crippen LogP contribution in [-0.4, -0.2) is 65.5 Å². The van der Waals surface area contributed by atoms with Gasteiger partial charge in [-0.25, -0.2) is 14.4 Å². The van der Waals surface area contributed by atoms with E-state index in [1.807, 2.05) is 0 Å². The molecular formula is C15H19FN4O2. The number of ether oxygens (including phenoxy) is 1. The molecule has 0 spiro atoms. The molecule has 22 heavy (non-hydrogen) atoms. The summed E-state index contributed by atoms with van der Waals surface area (Å²) in [5.74, 6) is 0.199. The minimum absolute atomic E-state index is 0.334. The molecule has 2 N–H and O–H groups in total. The number of halogens is 1. The number of aliphatic hydroxyl groups is 1. The molecule has 0 bridgehead atoms. The minimum atomic E-state index is -0.531. The normalized spacial score (nSPS) is 17.5. The number of nitrogens with one attached hydrogen (secondary N) is 1. The van der Waals surface area contributed by atoms with Crippen molar-refractivity contribution in [1.29, 1.82) is 0 Å². The Morgan fingerprint density at radius 3 is 2.95 bits per heavy atom. The first-order chi connectivity index (χ1) is 10.7. The molecule has 3 rings (SSSR count). The smallest absolute Gasteiger partial charge is 0.137 e. The van der Waals surface area contributed by atoms with Crippen molar-refractivity contribution in [2.24, 2.45) is 0 Å². The van der Waals surface area contributed by atoms with Crippen LogP contribution >= 0.6 is 0 Å². The van der Waals surface area contributed by atoms with E-state index in [2.05, 4.69) is 20.2 Å². The van der Waals surface area contributed by atoms with E-state index in [1.54, 1.807) is 6.07 Å². The number of hydrogen-bond acceptors (Lipinski definition) is 6. The van der Waals surface area contributed by atoms with E-state index in [9.17, 15) is 9.50 Å².